The molecule has 1 aromatic rings. The molecule has 2 rings (SSSR count). The number of allylic oxidation sites excluding steroid dienone is 1. The van der Waals surface area contributed by atoms with Crippen LogP contribution >= 0.6 is 0 Å². The lowest BCUT2D eigenvalue weighted by molar-refractivity contribution is -0.130. The fourth-order valence-corrected chi connectivity index (χ4v) is 2.41. The summed E-state index contributed by atoms with van der Waals surface area (Å²) in [4.78, 5) is 23.1. The number of rotatable bonds is 5. The highest BCUT2D eigenvalue weighted by Gasteiger charge is 2.43. The molecule has 20 heavy (non-hydrogen) atoms. The fourth-order valence-electron chi connectivity index (χ4n) is 2.41. The number of amides is 1. The Bertz CT molecular complexity index is 564. The Morgan fingerprint density at radius 1 is 1.45 bits per heavy atom. The summed E-state index contributed by atoms with van der Waals surface area (Å²) < 4.78 is 13.7. The van der Waals surface area contributed by atoms with Crippen LogP contribution in [0.15, 0.2) is 30.9 Å². The lowest BCUT2D eigenvalue weighted by atomic mass is 9.66. The van der Waals surface area contributed by atoms with Gasteiger partial charge in [-0.15, -0.1) is 6.58 Å². The van der Waals surface area contributed by atoms with E-state index < -0.39 is 17.2 Å². The van der Waals surface area contributed by atoms with Crippen molar-refractivity contribution in [3.05, 3.63) is 42.2 Å². The maximum atomic E-state index is 13.7. The van der Waals surface area contributed by atoms with Crippen LogP contribution in [0.2, 0.25) is 0 Å². The summed E-state index contributed by atoms with van der Waals surface area (Å²) in [6, 6.07) is 3.34. The summed E-state index contributed by atoms with van der Waals surface area (Å²) in [6.07, 6.45) is 4.66. The van der Waals surface area contributed by atoms with E-state index in [1.165, 1.54) is 0 Å². The van der Waals surface area contributed by atoms with Crippen LogP contribution < -0.4 is 5.32 Å². The zero-order chi connectivity index (χ0) is 14.8. The molecule has 2 N–H and O–H groups in total. The fraction of sp³-hybridized carbons (Fsp3) is 0.333. The van der Waals surface area contributed by atoms with Crippen LogP contribution in [0.5, 0.6) is 0 Å². The summed E-state index contributed by atoms with van der Waals surface area (Å²) in [7, 11) is 0. The van der Waals surface area contributed by atoms with E-state index in [9.17, 15) is 14.0 Å². The number of carbonyl (C=O) groups is 2. The van der Waals surface area contributed by atoms with E-state index in [1.54, 1.807) is 6.08 Å². The Morgan fingerprint density at radius 3 is 2.65 bits per heavy atom. The minimum Gasteiger partial charge on any atom is -0.478 e. The monoisotopic (exact) mass is 277 g/mol. The van der Waals surface area contributed by atoms with Gasteiger partial charge in [0.2, 0.25) is 5.91 Å². The van der Waals surface area contributed by atoms with Gasteiger partial charge in [0.05, 0.1) is 16.7 Å². The van der Waals surface area contributed by atoms with Gasteiger partial charge < -0.3 is 10.4 Å². The first-order chi connectivity index (χ1) is 9.48. The summed E-state index contributed by atoms with van der Waals surface area (Å²) >= 11 is 0. The molecule has 1 saturated carbocycles. The summed E-state index contributed by atoms with van der Waals surface area (Å²) in [6.45, 7) is 3.64. The second-order valence-corrected chi connectivity index (χ2v) is 5.08. The molecule has 106 valence electrons. The highest BCUT2D eigenvalue weighted by Crippen LogP contribution is 2.45. The smallest absolute Gasteiger partial charge is 0.335 e. The molecule has 1 amide bonds. The number of nitrogens with one attached hydrogen (secondary N) is 1. The molecule has 4 nitrogen and oxygen atoms in total. The molecule has 0 saturated heterocycles. The molecule has 1 aliphatic carbocycles. The number of aromatic carboxylic acids is 1. The average molecular weight is 277 g/mol. The predicted molar refractivity (Wildman–Crippen MR) is 73.1 cm³/mol. The Balaban J connectivity index is 2.21. The van der Waals surface area contributed by atoms with Crippen LogP contribution in [0.1, 0.15) is 36.0 Å². The first-order valence-electron chi connectivity index (χ1n) is 6.44. The molecular weight excluding hydrogens is 261 g/mol. The van der Waals surface area contributed by atoms with Gasteiger partial charge in [0, 0.05) is 0 Å². The third kappa shape index (κ3) is 2.57. The lowest BCUT2D eigenvalue weighted by Gasteiger charge is -2.39. The minimum absolute atomic E-state index is 0.0620. The zero-order valence-electron chi connectivity index (χ0n) is 11.0. The third-order valence-electron chi connectivity index (χ3n) is 3.79. The lowest BCUT2D eigenvalue weighted by Crippen LogP contribution is -2.41. The number of hydrogen-bond donors (Lipinski definition) is 2. The van der Waals surface area contributed by atoms with E-state index in [0.717, 1.165) is 37.5 Å². The van der Waals surface area contributed by atoms with Crippen molar-refractivity contribution in [1.82, 2.24) is 0 Å². The van der Waals surface area contributed by atoms with Crippen molar-refractivity contribution >= 4 is 17.6 Å². The van der Waals surface area contributed by atoms with Crippen molar-refractivity contribution in [3.8, 4) is 0 Å². The van der Waals surface area contributed by atoms with Crippen molar-refractivity contribution in [2.45, 2.75) is 25.7 Å². The van der Waals surface area contributed by atoms with Gasteiger partial charge in [0.15, 0.2) is 0 Å². The van der Waals surface area contributed by atoms with E-state index in [1.807, 2.05) is 0 Å². The zero-order valence-corrected chi connectivity index (χ0v) is 11.0. The van der Waals surface area contributed by atoms with Gasteiger partial charge in [0.25, 0.3) is 0 Å². The molecule has 0 bridgehead atoms. The van der Waals surface area contributed by atoms with E-state index in [4.69, 9.17) is 5.11 Å². The number of halogens is 1. The number of carboxylic acids is 1. The SMILES string of the molecule is C=CCC1(C(=O)Nc2cc(C(=O)O)ccc2F)CCC1. The van der Waals surface area contributed by atoms with Crippen LogP contribution in [0.3, 0.4) is 0 Å². The normalized spacial score (nSPS) is 16.1. The number of anilines is 1. The maximum Gasteiger partial charge on any atom is 0.335 e. The molecule has 0 spiro atoms. The van der Waals surface area contributed by atoms with E-state index in [0.29, 0.717) is 6.42 Å². The Hall–Kier alpha value is -2.17. The molecule has 0 unspecified atom stereocenters. The van der Waals surface area contributed by atoms with Gasteiger partial charge in [-0.05, 0) is 37.5 Å². The van der Waals surface area contributed by atoms with Crippen LogP contribution in [-0.4, -0.2) is 17.0 Å². The van der Waals surface area contributed by atoms with E-state index in [-0.39, 0.29) is 17.2 Å². The molecule has 0 radical (unpaired) electrons. The number of hydrogen-bond acceptors (Lipinski definition) is 2. The highest BCUT2D eigenvalue weighted by atomic mass is 19.1. The number of carbonyl (C=O) groups excluding carboxylic acids is 1. The molecule has 1 fully saturated rings. The topological polar surface area (TPSA) is 66.4 Å². The Labute approximate surface area is 116 Å². The van der Waals surface area contributed by atoms with Gasteiger partial charge >= 0.3 is 5.97 Å². The van der Waals surface area contributed by atoms with E-state index >= 15 is 0 Å². The third-order valence-corrected chi connectivity index (χ3v) is 3.79. The summed E-state index contributed by atoms with van der Waals surface area (Å²) in [5.74, 6) is -2.08. The average Bonchev–Trinajstić information content (AvgIpc) is 2.36. The first-order valence-corrected chi connectivity index (χ1v) is 6.44. The van der Waals surface area contributed by atoms with Crippen LogP contribution in [0, 0.1) is 11.2 Å². The molecule has 1 aliphatic rings. The first kappa shape index (κ1) is 14.2. The summed E-state index contributed by atoms with van der Waals surface area (Å²) in [5.41, 5.74) is -0.675. The highest BCUT2D eigenvalue weighted by molar-refractivity contribution is 5.97. The van der Waals surface area contributed by atoms with Gasteiger partial charge in [0.1, 0.15) is 5.82 Å². The largest absolute Gasteiger partial charge is 0.478 e. The standard InChI is InChI=1S/C15H16FNO3/c1-2-6-15(7-3-8-15)14(20)17-12-9-10(13(18)19)4-5-11(12)16/h2,4-5,9H,1,3,6-8H2,(H,17,20)(H,18,19). The van der Waals surface area contributed by atoms with Gasteiger partial charge in [-0.3, -0.25) is 4.79 Å². The molecular formula is C15H16FNO3. The molecule has 5 heteroatoms. The number of benzene rings is 1. The van der Waals surface area contributed by atoms with E-state index in [2.05, 4.69) is 11.9 Å². The van der Waals surface area contributed by atoms with Crippen molar-refractivity contribution in [2.24, 2.45) is 5.41 Å². The summed E-state index contributed by atoms with van der Waals surface area (Å²) in [5, 5.41) is 11.4. The molecule has 0 aromatic heterocycles. The second kappa shape index (κ2) is 5.45. The van der Waals surface area contributed by atoms with Crippen LogP contribution in [0.25, 0.3) is 0 Å². The van der Waals surface area contributed by atoms with Crippen molar-refractivity contribution < 1.29 is 19.1 Å². The Morgan fingerprint density at radius 2 is 2.15 bits per heavy atom. The van der Waals surface area contributed by atoms with Crippen LogP contribution in [0.4, 0.5) is 10.1 Å². The van der Waals surface area contributed by atoms with Gasteiger partial charge in [-0.25, -0.2) is 9.18 Å². The van der Waals surface area contributed by atoms with Crippen LogP contribution in [-0.2, 0) is 4.79 Å². The maximum absolute atomic E-state index is 13.7. The van der Waals surface area contributed by atoms with Crippen molar-refractivity contribution in [3.63, 3.8) is 0 Å². The molecule has 0 heterocycles. The van der Waals surface area contributed by atoms with Crippen molar-refractivity contribution in [2.75, 3.05) is 5.32 Å². The molecule has 0 aliphatic heterocycles. The van der Waals surface area contributed by atoms with Gasteiger partial charge in [-0.2, -0.15) is 0 Å². The van der Waals surface area contributed by atoms with Crippen molar-refractivity contribution in [1.29, 1.82) is 0 Å². The number of carboxylic acid groups (broad SMARTS) is 1. The molecule has 0 atom stereocenters. The predicted octanol–water partition coefficient (Wildman–Crippen LogP) is 3.21. The Kier molecular flexibility index (Phi) is 3.88. The quantitative estimate of drug-likeness (QED) is 0.812. The minimum atomic E-state index is -1.16. The second-order valence-electron chi connectivity index (χ2n) is 5.08. The van der Waals surface area contributed by atoms with Gasteiger partial charge in [-0.1, -0.05) is 12.5 Å². The molecule has 1 aromatic carbocycles.